The molecule has 8 heteroatoms. The van der Waals surface area contributed by atoms with Crippen LogP contribution in [0.25, 0.3) is 0 Å². The van der Waals surface area contributed by atoms with Crippen molar-refractivity contribution in [3.05, 3.63) is 41.1 Å². The molecule has 1 aromatic rings. The second-order valence-corrected chi connectivity index (χ2v) is 6.50. The van der Waals surface area contributed by atoms with Gasteiger partial charge in [0, 0.05) is 32.4 Å². The lowest BCUT2D eigenvalue weighted by Gasteiger charge is -2.37. The first kappa shape index (κ1) is 19.2. The molecule has 1 aromatic carbocycles. The van der Waals surface area contributed by atoms with E-state index >= 15 is 0 Å². The van der Waals surface area contributed by atoms with Crippen LogP contribution in [0, 0.1) is 0 Å². The van der Waals surface area contributed by atoms with Crippen molar-refractivity contribution in [2.75, 3.05) is 46.5 Å². The fourth-order valence-electron chi connectivity index (χ4n) is 3.29. The Hall–Kier alpha value is -2.58. The third-order valence-electron chi connectivity index (χ3n) is 4.78. The largest absolute Gasteiger partial charge is 0.508 e. The number of hydrogen-bond acceptors (Lipinski definition) is 6. The predicted molar refractivity (Wildman–Crippen MR) is 98.1 cm³/mol. The number of morpholine rings is 1. The lowest BCUT2D eigenvalue weighted by atomic mass is 9.94. The van der Waals surface area contributed by atoms with Crippen LogP contribution in [-0.2, 0) is 14.3 Å². The molecule has 1 fully saturated rings. The van der Waals surface area contributed by atoms with Crippen LogP contribution < -0.4 is 5.32 Å². The summed E-state index contributed by atoms with van der Waals surface area (Å²) in [6.45, 7) is 5.17. The van der Waals surface area contributed by atoms with Gasteiger partial charge in [0.15, 0.2) is 0 Å². The Morgan fingerprint density at radius 2 is 1.96 bits per heavy atom. The highest BCUT2D eigenvalue weighted by atomic mass is 16.5. The molecular weight excluding hydrogens is 350 g/mol. The Labute approximate surface area is 158 Å². The number of benzene rings is 1. The summed E-state index contributed by atoms with van der Waals surface area (Å²) in [6, 6.07) is 5.52. The van der Waals surface area contributed by atoms with Gasteiger partial charge in [-0.3, -0.25) is 9.80 Å². The maximum absolute atomic E-state index is 12.8. The number of rotatable bonds is 5. The van der Waals surface area contributed by atoms with Crippen LogP contribution in [0.4, 0.5) is 4.79 Å². The highest BCUT2D eigenvalue weighted by Crippen LogP contribution is 2.32. The van der Waals surface area contributed by atoms with Crippen molar-refractivity contribution in [2.45, 2.75) is 13.0 Å². The molecular formula is C19H25N3O5. The first-order valence-corrected chi connectivity index (χ1v) is 9.04. The standard InChI is InChI=1S/C19H25N3O5/c1-3-27-18(24)16-15(12-22-8-10-26-11-9-22)21(2)19(25)20-17(16)13-4-6-14(23)7-5-13/h4-7,17,23H,3,8-12H2,1-2H3,(H,20,25)/t17-/m1/s1. The van der Waals surface area contributed by atoms with Crippen molar-refractivity contribution in [1.82, 2.24) is 15.1 Å². The number of phenolic OH excluding ortho intramolecular Hbond substituents is 1. The van der Waals surface area contributed by atoms with E-state index in [4.69, 9.17) is 9.47 Å². The summed E-state index contributed by atoms with van der Waals surface area (Å²) in [7, 11) is 1.65. The van der Waals surface area contributed by atoms with Gasteiger partial charge in [-0.05, 0) is 24.6 Å². The second-order valence-electron chi connectivity index (χ2n) is 6.50. The molecule has 0 saturated carbocycles. The number of amides is 2. The second kappa shape index (κ2) is 8.41. The number of nitrogens with zero attached hydrogens (tertiary/aromatic N) is 2. The Balaban J connectivity index is 2.03. The normalized spacial score (nSPS) is 21.2. The number of esters is 1. The lowest BCUT2D eigenvalue weighted by Crippen LogP contribution is -2.50. The highest BCUT2D eigenvalue weighted by Gasteiger charge is 2.37. The molecule has 0 radical (unpaired) electrons. The van der Waals surface area contributed by atoms with Gasteiger partial charge in [0.25, 0.3) is 0 Å². The number of aromatic hydroxyl groups is 1. The van der Waals surface area contributed by atoms with E-state index in [1.807, 2.05) is 0 Å². The number of carbonyl (C=O) groups is 2. The van der Waals surface area contributed by atoms with Crippen LogP contribution in [-0.4, -0.2) is 73.4 Å². The molecule has 0 aromatic heterocycles. The molecule has 146 valence electrons. The van der Waals surface area contributed by atoms with E-state index in [1.54, 1.807) is 26.1 Å². The van der Waals surface area contributed by atoms with E-state index in [0.29, 0.717) is 36.6 Å². The Bertz CT molecular complexity index is 725. The number of likely N-dealkylation sites (N-methyl/N-ethyl adjacent to an activating group) is 1. The summed E-state index contributed by atoms with van der Waals surface area (Å²) < 4.78 is 10.7. The van der Waals surface area contributed by atoms with Gasteiger partial charge in [-0.2, -0.15) is 0 Å². The smallest absolute Gasteiger partial charge is 0.338 e. The average molecular weight is 375 g/mol. The van der Waals surface area contributed by atoms with Crippen LogP contribution >= 0.6 is 0 Å². The Morgan fingerprint density at radius 3 is 2.59 bits per heavy atom. The Kier molecular flexibility index (Phi) is 5.98. The summed E-state index contributed by atoms with van der Waals surface area (Å²) in [5.41, 5.74) is 1.74. The summed E-state index contributed by atoms with van der Waals surface area (Å²) in [4.78, 5) is 29.0. The van der Waals surface area contributed by atoms with Crippen LogP contribution in [0.1, 0.15) is 18.5 Å². The molecule has 0 bridgehead atoms. The van der Waals surface area contributed by atoms with E-state index in [0.717, 1.165) is 13.1 Å². The number of hydrogen-bond donors (Lipinski definition) is 2. The zero-order valence-corrected chi connectivity index (χ0v) is 15.6. The third kappa shape index (κ3) is 4.23. The molecule has 2 N–H and O–H groups in total. The van der Waals surface area contributed by atoms with Crippen molar-refractivity contribution in [3.8, 4) is 5.75 Å². The topological polar surface area (TPSA) is 91.3 Å². The molecule has 2 heterocycles. The highest BCUT2D eigenvalue weighted by molar-refractivity contribution is 5.95. The monoisotopic (exact) mass is 375 g/mol. The maximum atomic E-state index is 12.8. The van der Waals surface area contributed by atoms with Crippen LogP contribution in [0.15, 0.2) is 35.5 Å². The minimum Gasteiger partial charge on any atom is -0.508 e. The van der Waals surface area contributed by atoms with E-state index in [2.05, 4.69) is 10.2 Å². The molecule has 1 atom stereocenters. The predicted octanol–water partition coefficient (Wildman–Crippen LogP) is 1.24. The van der Waals surface area contributed by atoms with Gasteiger partial charge >= 0.3 is 12.0 Å². The zero-order valence-electron chi connectivity index (χ0n) is 15.6. The lowest BCUT2D eigenvalue weighted by molar-refractivity contribution is -0.139. The molecule has 0 aliphatic carbocycles. The maximum Gasteiger partial charge on any atom is 0.338 e. The number of urea groups is 1. The quantitative estimate of drug-likeness (QED) is 0.753. The average Bonchev–Trinajstić information content (AvgIpc) is 2.67. The fraction of sp³-hybridized carbons (Fsp3) is 0.474. The van der Waals surface area contributed by atoms with Gasteiger partial charge in [-0.1, -0.05) is 12.1 Å². The number of ether oxygens (including phenoxy) is 2. The fourth-order valence-corrected chi connectivity index (χ4v) is 3.29. The van der Waals surface area contributed by atoms with Crippen molar-refractivity contribution in [1.29, 1.82) is 0 Å². The molecule has 0 unspecified atom stereocenters. The number of phenols is 1. The summed E-state index contributed by atoms with van der Waals surface area (Å²) in [6.07, 6.45) is 0. The van der Waals surface area contributed by atoms with E-state index in [9.17, 15) is 14.7 Å². The zero-order chi connectivity index (χ0) is 19.4. The van der Waals surface area contributed by atoms with E-state index in [-0.39, 0.29) is 18.4 Å². The molecule has 0 spiro atoms. The van der Waals surface area contributed by atoms with Gasteiger partial charge in [0.05, 0.1) is 31.4 Å². The molecule has 1 saturated heterocycles. The molecule has 2 amide bonds. The minimum atomic E-state index is -0.635. The van der Waals surface area contributed by atoms with Gasteiger partial charge in [-0.15, -0.1) is 0 Å². The van der Waals surface area contributed by atoms with Crippen molar-refractivity contribution >= 4 is 12.0 Å². The van der Waals surface area contributed by atoms with Crippen LogP contribution in [0.5, 0.6) is 5.75 Å². The van der Waals surface area contributed by atoms with Crippen LogP contribution in [0.3, 0.4) is 0 Å². The van der Waals surface area contributed by atoms with Gasteiger partial charge in [-0.25, -0.2) is 9.59 Å². The minimum absolute atomic E-state index is 0.119. The van der Waals surface area contributed by atoms with E-state index < -0.39 is 12.0 Å². The summed E-state index contributed by atoms with van der Waals surface area (Å²) in [5, 5.41) is 12.4. The molecule has 8 nitrogen and oxygen atoms in total. The van der Waals surface area contributed by atoms with Gasteiger partial charge < -0.3 is 19.9 Å². The first-order valence-electron chi connectivity index (χ1n) is 9.04. The van der Waals surface area contributed by atoms with Crippen molar-refractivity contribution in [2.24, 2.45) is 0 Å². The molecule has 2 aliphatic heterocycles. The number of nitrogens with one attached hydrogen (secondary N) is 1. The van der Waals surface area contributed by atoms with Crippen molar-refractivity contribution < 1.29 is 24.2 Å². The third-order valence-corrected chi connectivity index (χ3v) is 4.78. The first-order chi connectivity index (χ1) is 13.0. The molecule has 2 aliphatic rings. The molecule has 3 rings (SSSR count). The van der Waals surface area contributed by atoms with Gasteiger partial charge in [0.2, 0.25) is 0 Å². The SMILES string of the molecule is CCOC(=O)C1=C(CN2CCOCC2)N(C)C(=O)N[C@@H]1c1ccc(O)cc1. The molecule has 27 heavy (non-hydrogen) atoms. The van der Waals surface area contributed by atoms with E-state index in [1.165, 1.54) is 17.0 Å². The van der Waals surface area contributed by atoms with Gasteiger partial charge in [0.1, 0.15) is 5.75 Å². The number of carbonyl (C=O) groups excluding carboxylic acids is 2. The van der Waals surface area contributed by atoms with Crippen LogP contribution in [0.2, 0.25) is 0 Å². The summed E-state index contributed by atoms with van der Waals surface area (Å²) in [5.74, 6) is -0.334. The Morgan fingerprint density at radius 1 is 1.30 bits per heavy atom. The van der Waals surface area contributed by atoms with Crippen molar-refractivity contribution in [3.63, 3.8) is 0 Å². The summed E-state index contributed by atoms with van der Waals surface area (Å²) >= 11 is 0.